The van der Waals surface area contributed by atoms with Gasteiger partial charge in [0.2, 0.25) is 11.8 Å². The molecule has 31 heavy (non-hydrogen) atoms. The fourth-order valence-electron chi connectivity index (χ4n) is 3.51. The third kappa shape index (κ3) is 8.62. The SMILES string of the molecule is CCC(CC)C(=O)N1CCOC2(COCCN(CC(=O)NC)C2)C1.O=C(O)C(F)(F)F. The quantitative estimate of drug-likeness (QED) is 0.629. The number of carboxylic acid groups (broad SMARTS) is 1. The maximum absolute atomic E-state index is 12.7. The monoisotopic (exact) mass is 455 g/mol. The maximum Gasteiger partial charge on any atom is 0.490 e. The smallest absolute Gasteiger partial charge is 0.475 e. The van der Waals surface area contributed by atoms with Crippen LogP contribution in [0.2, 0.25) is 0 Å². The summed E-state index contributed by atoms with van der Waals surface area (Å²) in [5.74, 6) is -2.49. The van der Waals surface area contributed by atoms with Crippen LogP contribution in [-0.4, -0.2) is 104 Å². The summed E-state index contributed by atoms with van der Waals surface area (Å²) in [4.78, 5) is 37.3. The molecule has 2 saturated heterocycles. The predicted octanol–water partition coefficient (Wildman–Crippen LogP) is 0.732. The summed E-state index contributed by atoms with van der Waals surface area (Å²) >= 11 is 0. The summed E-state index contributed by atoms with van der Waals surface area (Å²) in [5.41, 5.74) is -0.537. The number of halogens is 3. The lowest BCUT2D eigenvalue weighted by atomic mass is 9.97. The number of hydrogen-bond donors (Lipinski definition) is 2. The molecular weight excluding hydrogens is 423 g/mol. The largest absolute Gasteiger partial charge is 0.490 e. The van der Waals surface area contributed by atoms with Gasteiger partial charge in [-0.3, -0.25) is 14.5 Å². The number of carboxylic acids is 1. The van der Waals surface area contributed by atoms with Gasteiger partial charge >= 0.3 is 12.1 Å². The summed E-state index contributed by atoms with van der Waals surface area (Å²) in [6, 6.07) is 0. The lowest BCUT2D eigenvalue weighted by molar-refractivity contribution is -0.192. The minimum Gasteiger partial charge on any atom is -0.475 e. The zero-order valence-electron chi connectivity index (χ0n) is 18.2. The second-order valence-corrected chi connectivity index (χ2v) is 7.54. The lowest BCUT2D eigenvalue weighted by Gasteiger charge is -2.44. The maximum atomic E-state index is 12.7. The van der Waals surface area contributed by atoms with Gasteiger partial charge in [0.1, 0.15) is 5.60 Å². The van der Waals surface area contributed by atoms with E-state index in [1.54, 1.807) is 7.05 Å². The first kappa shape index (κ1) is 27.1. The first-order valence-electron chi connectivity index (χ1n) is 10.2. The molecule has 1 atom stereocenters. The summed E-state index contributed by atoms with van der Waals surface area (Å²) < 4.78 is 43.5. The highest BCUT2D eigenvalue weighted by molar-refractivity contribution is 5.79. The van der Waals surface area contributed by atoms with Crippen molar-refractivity contribution in [2.45, 2.75) is 38.5 Å². The van der Waals surface area contributed by atoms with Gasteiger partial charge in [-0.1, -0.05) is 13.8 Å². The summed E-state index contributed by atoms with van der Waals surface area (Å²) in [6.45, 7) is 8.45. The molecule has 9 nitrogen and oxygen atoms in total. The molecule has 2 fully saturated rings. The molecule has 0 saturated carbocycles. The number of alkyl halides is 3. The van der Waals surface area contributed by atoms with Gasteiger partial charge in [0, 0.05) is 32.6 Å². The van der Waals surface area contributed by atoms with Crippen LogP contribution < -0.4 is 5.32 Å². The van der Waals surface area contributed by atoms with Crippen molar-refractivity contribution in [3.8, 4) is 0 Å². The molecular formula is C19H32F3N3O6. The number of aliphatic carboxylic acids is 1. The van der Waals surface area contributed by atoms with E-state index in [9.17, 15) is 22.8 Å². The topological polar surface area (TPSA) is 108 Å². The second-order valence-electron chi connectivity index (χ2n) is 7.54. The normalized spacial score (nSPS) is 22.5. The molecule has 0 aromatic heterocycles. The Morgan fingerprint density at radius 1 is 1.13 bits per heavy atom. The standard InChI is InChI=1S/C17H31N3O4.C2HF3O2/c1-4-14(5-2)16(22)20-7-9-24-17(12-20)11-19(6-8-23-13-17)10-15(21)18-3;3-2(4,5)1(6)7/h14H,4-13H2,1-3H3,(H,18,21);(H,6,7). The minimum atomic E-state index is -5.08. The van der Waals surface area contributed by atoms with Crippen molar-refractivity contribution in [2.75, 3.05) is 59.6 Å². The number of amides is 2. The highest BCUT2D eigenvalue weighted by atomic mass is 19.4. The fraction of sp³-hybridized carbons (Fsp3) is 0.842. The Morgan fingerprint density at radius 2 is 1.74 bits per heavy atom. The van der Waals surface area contributed by atoms with Crippen molar-refractivity contribution in [2.24, 2.45) is 5.92 Å². The van der Waals surface area contributed by atoms with Crippen LogP contribution in [-0.2, 0) is 23.9 Å². The van der Waals surface area contributed by atoms with Crippen molar-refractivity contribution in [1.29, 1.82) is 0 Å². The van der Waals surface area contributed by atoms with Crippen LogP contribution in [0.15, 0.2) is 0 Å². The first-order valence-corrected chi connectivity index (χ1v) is 10.2. The Balaban J connectivity index is 0.000000592. The molecule has 2 amide bonds. The number of hydrogen-bond acceptors (Lipinski definition) is 6. The second kappa shape index (κ2) is 12.2. The Kier molecular flexibility index (Phi) is 10.7. The van der Waals surface area contributed by atoms with E-state index in [4.69, 9.17) is 19.4 Å². The number of carbonyl (C=O) groups is 3. The van der Waals surface area contributed by atoms with Crippen molar-refractivity contribution in [3.63, 3.8) is 0 Å². The third-order valence-electron chi connectivity index (χ3n) is 5.21. The zero-order chi connectivity index (χ0) is 23.7. The van der Waals surface area contributed by atoms with Gasteiger partial charge in [0.25, 0.3) is 0 Å². The number of rotatable bonds is 5. The van der Waals surface area contributed by atoms with Crippen LogP contribution in [0, 0.1) is 5.92 Å². The third-order valence-corrected chi connectivity index (χ3v) is 5.21. The van der Waals surface area contributed by atoms with E-state index >= 15 is 0 Å². The van der Waals surface area contributed by atoms with Crippen molar-refractivity contribution >= 4 is 17.8 Å². The van der Waals surface area contributed by atoms with Crippen molar-refractivity contribution < 1.29 is 42.1 Å². The van der Waals surface area contributed by atoms with E-state index < -0.39 is 17.7 Å². The summed E-state index contributed by atoms with van der Waals surface area (Å²) in [7, 11) is 1.64. The molecule has 2 heterocycles. The van der Waals surface area contributed by atoms with Gasteiger partial charge in [0.05, 0.1) is 32.9 Å². The Bertz CT molecular complexity index is 615. The summed E-state index contributed by atoms with van der Waals surface area (Å²) in [6.07, 6.45) is -3.36. The molecule has 180 valence electrons. The highest BCUT2D eigenvalue weighted by Crippen LogP contribution is 2.25. The molecule has 2 aliphatic rings. The van der Waals surface area contributed by atoms with Gasteiger partial charge in [0.15, 0.2) is 0 Å². The predicted molar refractivity (Wildman–Crippen MR) is 104 cm³/mol. The van der Waals surface area contributed by atoms with Crippen molar-refractivity contribution in [1.82, 2.24) is 15.1 Å². The molecule has 1 unspecified atom stereocenters. The Hall–Kier alpha value is -1.92. The van der Waals surface area contributed by atoms with Crippen molar-refractivity contribution in [3.05, 3.63) is 0 Å². The molecule has 0 aromatic carbocycles. The molecule has 2 aliphatic heterocycles. The summed E-state index contributed by atoms with van der Waals surface area (Å²) in [5, 5.41) is 9.78. The van der Waals surface area contributed by atoms with Gasteiger partial charge in [-0.2, -0.15) is 13.2 Å². The number of ether oxygens (including phenoxy) is 2. The zero-order valence-corrected chi connectivity index (χ0v) is 18.2. The van der Waals surface area contributed by atoms with Gasteiger partial charge in [-0.25, -0.2) is 4.79 Å². The molecule has 12 heteroatoms. The highest BCUT2D eigenvalue weighted by Gasteiger charge is 2.42. The van der Waals surface area contributed by atoms with Crippen LogP contribution in [0.3, 0.4) is 0 Å². The Morgan fingerprint density at radius 3 is 2.26 bits per heavy atom. The van der Waals surface area contributed by atoms with E-state index in [1.807, 2.05) is 4.90 Å². The molecule has 0 bridgehead atoms. The van der Waals surface area contributed by atoms with E-state index in [2.05, 4.69) is 24.1 Å². The average Bonchev–Trinajstić information content (AvgIpc) is 2.90. The van der Waals surface area contributed by atoms with Crippen LogP contribution in [0.1, 0.15) is 26.7 Å². The van der Waals surface area contributed by atoms with Gasteiger partial charge in [-0.05, 0) is 12.8 Å². The van der Waals surface area contributed by atoms with Crippen LogP contribution in [0.4, 0.5) is 13.2 Å². The molecule has 2 N–H and O–H groups in total. The van der Waals surface area contributed by atoms with Crippen LogP contribution >= 0.6 is 0 Å². The van der Waals surface area contributed by atoms with Crippen LogP contribution in [0.25, 0.3) is 0 Å². The number of likely N-dealkylation sites (N-methyl/N-ethyl adjacent to an activating group) is 1. The fourth-order valence-corrected chi connectivity index (χ4v) is 3.51. The van der Waals surface area contributed by atoms with E-state index in [0.29, 0.717) is 52.5 Å². The minimum absolute atomic E-state index is 0.0205. The molecule has 0 aromatic rings. The van der Waals surface area contributed by atoms with E-state index in [0.717, 1.165) is 12.8 Å². The first-order chi connectivity index (χ1) is 14.5. The molecule has 0 aliphatic carbocycles. The van der Waals surface area contributed by atoms with Gasteiger partial charge in [-0.15, -0.1) is 0 Å². The number of carbonyl (C=O) groups excluding carboxylic acids is 2. The molecule has 2 rings (SSSR count). The number of morpholine rings is 1. The Labute approximate surface area is 179 Å². The number of nitrogens with zero attached hydrogens (tertiary/aromatic N) is 2. The van der Waals surface area contributed by atoms with Crippen LogP contribution in [0.5, 0.6) is 0 Å². The molecule has 1 spiro atoms. The lowest BCUT2D eigenvalue weighted by Crippen LogP contribution is -2.61. The molecule has 0 radical (unpaired) electrons. The average molecular weight is 455 g/mol. The van der Waals surface area contributed by atoms with E-state index in [1.165, 1.54) is 0 Å². The number of nitrogens with one attached hydrogen (secondary N) is 1. The van der Waals surface area contributed by atoms with Gasteiger partial charge < -0.3 is 24.8 Å². The van der Waals surface area contributed by atoms with E-state index in [-0.39, 0.29) is 17.7 Å².